The summed E-state index contributed by atoms with van der Waals surface area (Å²) in [4.78, 5) is 2.55. The number of fused-ring (bicyclic) bond motifs is 1. The molecule has 2 heterocycles. The Balaban J connectivity index is 1.72. The van der Waals surface area contributed by atoms with Gasteiger partial charge in [0.05, 0.1) is 0 Å². The topological polar surface area (TPSA) is 34.2 Å². The standard InChI is InChI=1S/C17H23N3/c18-8-1-2-9-19-12-7-15-5-6-17(13-16(15)14-19)20-10-3-4-11-20/h3-6,10-11,13H,1-2,7-9,12,14,18H2. The summed E-state index contributed by atoms with van der Waals surface area (Å²) in [5, 5.41) is 0. The minimum atomic E-state index is 0.808. The van der Waals surface area contributed by atoms with E-state index in [-0.39, 0.29) is 0 Å². The lowest BCUT2D eigenvalue weighted by Gasteiger charge is -2.29. The number of benzene rings is 1. The van der Waals surface area contributed by atoms with Gasteiger partial charge in [0.1, 0.15) is 0 Å². The maximum atomic E-state index is 5.57. The Morgan fingerprint density at radius 2 is 1.90 bits per heavy atom. The summed E-state index contributed by atoms with van der Waals surface area (Å²) in [5.74, 6) is 0. The third kappa shape index (κ3) is 2.94. The van der Waals surface area contributed by atoms with Crippen molar-refractivity contribution in [2.45, 2.75) is 25.8 Å². The molecule has 0 unspecified atom stereocenters. The van der Waals surface area contributed by atoms with Crippen LogP contribution in [0, 0.1) is 0 Å². The lowest BCUT2D eigenvalue weighted by Crippen LogP contribution is -2.31. The largest absolute Gasteiger partial charge is 0.330 e. The lowest BCUT2D eigenvalue weighted by molar-refractivity contribution is 0.249. The van der Waals surface area contributed by atoms with Gasteiger partial charge in [0.2, 0.25) is 0 Å². The highest BCUT2D eigenvalue weighted by Crippen LogP contribution is 2.22. The number of nitrogens with two attached hydrogens (primary N) is 1. The zero-order valence-corrected chi connectivity index (χ0v) is 12.0. The summed E-state index contributed by atoms with van der Waals surface area (Å²) >= 11 is 0. The van der Waals surface area contributed by atoms with E-state index in [1.165, 1.54) is 42.7 Å². The van der Waals surface area contributed by atoms with Gasteiger partial charge in [-0.2, -0.15) is 0 Å². The van der Waals surface area contributed by atoms with Crippen LogP contribution in [0.2, 0.25) is 0 Å². The smallest absolute Gasteiger partial charge is 0.0452 e. The average molecular weight is 269 g/mol. The second-order valence-corrected chi connectivity index (χ2v) is 5.57. The van der Waals surface area contributed by atoms with Gasteiger partial charge in [-0.05, 0) is 67.7 Å². The van der Waals surface area contributed by atoms with Crippen LogP contribution in [0.1, 0.15) is 24.0 Å². The van der Waals surface area contributed by atoms with Gasteiger partial charge in [-0.25, -0.2) is 0 Å². The first kappa shape index (κ1) is 13.4. The number of hydrogen-bond donors (Lipinski definition) is 1. The molecule has 3 heteroatoms. The summed E-state index contributed by atoms with van der Waals surface area (Å²) < 4.78 is 2.17. The number of rotatable bonds is 5. The van der Waals surface area contributed by atoms with Crippen LogP contribution < -0.4 is 5.73 Å². The molecule has 1 aromatic heterocycles. The predicted molar refractivity (Wildman–Crippen MR) is 83.0 cm³/mol. The van der Waals surface area contributed by atoms with E-state index in [9.17, 15) is 0 Å². The van der Waals surface area contributed by atoms with Crippen LogP contribution in [0.15, 0.2) is 42.7 Å². The van der Waals surface area contributed by atoms with Crippen LogP contribution >= 0.6 is 0 Å². The van der Waals surface area contributed by atoms with Gasteiger partial charge >= 0.3 is 0 Å². The fourth-order valence-corrected chi connectivity index (χ4v) is 2.94. The van der Waals surface area contributed by atoms with Crippen LogP contribution in [0.4, 0.5) is 0 Å². The summed E-state index contributed by atoms with van der Waals surface area (Å²) in [7, 11) is 0. The summed E-state index contributed by atoms with van der Waals surface area (Å²) in [6.45, 7) is 4.24. The Morgan fingerprint density at radius 3 is 2.70 bits per heavy atom. The molecule has 3 rings (SSSR count). The van der Waals surface area contributed by atoms with Crippen LogP contribution in [0.25, 0.3) is 5.69 Å². The molecular weight excluding hydrogens is 246 g/mol. The minimum absolute atomic E-state index is 0.808. The van der Waals surface area contributed by atoms with Crippen molar-refractivity contribution in [1.29, 1.82) is 0 Å². The van der Waals surface area contributed by atoms with E-state index in [0.717, 1.165) is 19.5 Å². The van der Waals surface area contributed by atoms with E-state index in [4.69, 9.17) is 5.73 Å². The Morgan fingerprint density at radius 1 is 1.05 bits per heavy atom. The first-order valence-corrected chi connectivity index (χ1v) is 7.54. The third-order valence-corrected chi connectivity index (χ3v) is 4.11. The van der Waals surface area contributed by atoms with Gasteiger partial charge in [0, 0.05) is 31.2 Å². The van der Waals surface area contributed by atoms with Gasteiger partial charge in [0.25, 0.3) is 0 Å². The molecule has 0 spiro atoms. The summed E-state index contributed by atoms with van der Waals surface area (Å²) in [5.41, 5.74) is 9.83. The molecule has 0 aliphatic carbocycles. The molecule has 0 saturated carbocycles. The van der Waals surface area contributed by atoms with Gasteiger partial charge in [0.15, 0.2) is 0 Å². The Bertz CT molecular complexity index is 545. The lowest BCUT2D eigenvalue weighted by atomic mass is 9.99. The number of aromatic nitrogens is 1. The molecule has 0 atom stereocenters. The van der Waals surface area contributed by atoms with Crippen LogP contribution in [0.5, 0.6) is 0 Å². The Hall–Kier alpha value is -1.58. The van der Waals surface area contributed by atoms with Gasteiger partial charge < -0.3 is 10.3 Å². The highest BCUT2D eigenvalue weighted by molar-refractivity contribution is 5.42. The van der Waals surface area contributed by atoms with E-state index in [0.29, 0.717) is 0 Å². The van der Waals surface area contributed by atoms with Crippen molar-refractivity contribution in [3.05, 3.63) is 53.9 Å². The Kier molecular flexibility index (Phi) is 4.19. The molecule has 106 valence electrons. The van der Waals surface area contributed by atoms with E-state index >= 15 is 0 Å². The van der Waals surface area contributed by atoms with Gasteiger partial charge in [-0.3, -0.25) is 4.90 Å². The molecular formula is C17H23N3. The molecule has 0 bridgehead atoms. The fraction of sp³-hybridized carbons (Fsp3) is 0.412. The van der Waals surface area contributed by atoms with Crippen LogP contribution in [-0.2, 0) is 13.0 Å². The van der Waals surface area contributed by atoms with E-state index < -0.39 is 0 Å². The van der Waals surface area contributed by atoms with Gasteiger partial charge in [-0.15, -0.1) is 0 Å². The van der Waals surface area contributed by atoms with Crippen molar-refractivity contribution in [2.24, 2.45) is 5.73 Å². The monoisotopic (exact) mass is 269 g/mol. The van der Waals surface area contributed by atoms with Crippen molar-refractivity contribution in [2.75, 3.05) is 19.6 Å². The molecule has 1 aliphatic heterocycles. The molecule has 0 fully saturated rings. The van der Waals surface area contributed by atoms with Crippen molar-refractivity contribution < 1.29 is 0 Å². The predicted octanol–water partition coefficient (Wildman–Crippen LogP) is 2.57. The maximum absolute atomic E-state index is 5.57. The Labute approximate surface area is 121 Å². The van der Waals surface area contributed by atoms with E-state index in [1.54, 1.807) is 0 Å². The zero-order chi connectivity index (χ0) is 13.8. The molecule has 2 aromatic rings. The molecule has 1 aliphatic rings. The molecule has 3 nitrogen and oxygen atoms in total. The van der Waals surface area contributed by atoms with Crippen molar-refractivity contribution in [3.8, 4) is 5.69 Å². The average Bonchev–Trinajstić information content (AvgIpc) is 3.01. The quantitative estimate of drug-likeness (QED) is 0.847. The van der Waals surface area contributed by atoms with Crippen LogP contribution in [-0.4, -0.2) is 29.1 Å². The molecule has 0 amide bonds. The molecule has 2 N–H and O–H groups in total. The highest BCUT2D eigenvalue weighted by atomic mass is 15.1. The van der Waals surface area contributed by atoms with Crippen molar-refractivity contribution >= 4 is 0 Å². The number of unbranched alkanes of at least 4 members (excludes halogenated alkanes) is 1. The minimum Gasteiger partial charge on any atom is -0.330 e. The van der Waals surface area contributed by atoms with Gasteiger partial charge in [-0.1, -0.05) is 6.07 Å². The fourth-order valence-electron chi connectivity index (χ4n) is 2.94. The number of hydrogen-bond acceptors (Lipinski definition) is 2. The van der Waals surface area contributed by atoms with Crippen molar-refractivity contribution in [1.82, 2.24) is 9.47 Å². The molecule has 0 saturated heterocycles. The molecule has 1 aromatic carbocycles. The molecule has 0 radical (unpaired) electrons. The van der Waals surface area contributed by atoms with E-state index in [2.05, 4.69) is 52.2 Å². The highest BCUT2D eigenvalue weighted by Gasteiger charge is 2.16. The normalized spacial score (nSPS) is 15.2. The van der Waals surface area contributed by atoms with Crippen molar-refractivity contribution in [3.63, 3.8) is 0 Å². The summed E-state index contributed by atoms with van der Waals surface area (Å²) in [6.07, 6.45) is 7.72. The van der Waals surface area contributed by atoms with Crippen LogP contribution in [0.3, 0.4) is 0 Å². The number of nitrogens with zero attached hydrogens (tertiary/aromatic N) is 2. The first-order chi connectivity index (χ1) is 9.86. The second kappa shape index (κ2) is 6.25. The maximum Gasteiger partial charge on any atom is 0.0452 e. The zero-order valence-electron chi connectivity index (χ0n) is 12.0. The van der Waals surface area contributed by atoms with E-state index in [1.807, 2.05) is 0 Å². The third-order valence-electron chi connectivity index (χ3n) is 4.11. The summed E-state index contributed by atoms with van der Waals surface area (Å²) in [6, 6.07) is 11.0. The molecule has 20 heavy (non-hydrogen) atoms. The first-order valence-electron chi connectivity index (χ1n) is 7.54. The second-order valence-electron chi connectivity index (χ2n) is 5.57. The SMILES string of the molecule is NCCCCN1CCc2ccc(-n3cccc3)cc2C1.